The Labute approximate surface area is 183 Å². The largest absolute Gasteiger partial charge is 0.379 e. The number of carbonyl (C=O) groups excluding carboxylic acids is 1. The summed E-state index contributed by atoms with van der Waals surface area (Å²) >= 11 is 0. The molecule has 1 amide bonds. The maximum absolute atomic E-state index is 12.8. The molecule has 1 N–H and O–H groups in total. The van der Waals surface area contributed by atoms with Crippen LogP contribution < -0.4 is 10.2 Å². The van der Waals surface area contributed by atoms with Gasteiger partial charge in [0.05, 0.1) is 13.2 Å². The third-order valence-corrected chi connectivity index (χ3v) is 6.02. The van der Waals surface area contributed by atoms with Gasteiger partial charge in [0.15, 0.2) is 0 Å². The van der Waals surface area contributed by atoms with Crippen LogP contribution in [0.15, 0.2) is 72.8 Å². The minimum absolute atomic E-state index is 0.0805. The average molecular weight is 414 g/mol. The Morgan fingerprint density at radius 3 is 2.55 bits per heavy atom. The van der Waals surface area contributed by atoms with E-state index in [0.29, 0.717) is 5.56 Å². The van der Waals surface area contributed by atoms with Gasteiger partial charge in [-0.05, 0) is 60.0 Å². The van der Waals surface area contributed by atoms with Gasteiger partial charge in [-0.3, -0.25) is 9.69 Å². The van der Waals surface area contributed by atoms with Crippen LogP contribution in [0.25, 0.3) is 0 Å². The lowest BCUT2D eigenvalue weighted by atomic mass is 10.1. The van der Waals surface area contributed by atoms with E-state index < -0.39 is 0 Å². The van der Waals surface area contributed by atoms with Gasteiger partial charge in [0, 0.05) is 48.8 Å². The first-order chi connectivity index (χ1) is 15.3. The van der Waals surface area contributed by atoms with Crippen LogP contribution in [-0.4, -0.2) is 43.7 Å². The molecule has 0 radical (unpaired) electrons. The number of morpholine rings is 1. The number of hydrogen-bond donors (Lipinski definition) is 1. The van der Waals surface area contributed by atoms with Gasteiger partial charge in [-0.15, -0.1) is 0 Å². The molecule has 1 fully saturated rings. The number of rotatable bonds is 5. The van der Waals surface area contributed by atoms with Crippen LogP contribution in [0.1, 0.15) is 21.5 Å². The molecule has 5 rings (SSSR count). The molecular formula is C26H27N3O2. The van der Waals surface area contributed by atoms with E-state index in [0.717, 1.165) is 62.8 Å². The van der Waals surface area contributed by atoms with Gasteiger partial charge < -0.3 is 15.0 Å². The first kappa shape index (κ1) is 19.8. The third-order valence-electron chi connectivity index (χ3n) is 6.02. The number of fused-ring (bicyclic) bond motifs is 1. The van der Waals surface area contributed by atoms with Crippen LogP contribution in [0.3, 0.4) is 0 Å². The van der Waals surface area contributed by atoms with Crippen molar-refractivity contribution in [2.24, 2.45) is 0 Å². The molecule has 0 unspecified atom stereocenters. The van der Waals surface area contributed by atoms with Crippen LogP contribution in [0.5, 0.6) is 0 Å². The molecule has 0 aromatic heterocycles. The van der Waals surface area contributed by atoms with Crippen molar-refractivity contribution in [1.82, 2.24) is 4.90 Å². The van der Waals surface area contributed by atoms with Gasteiger partial charge in [0.2, 0.25) is 0 Å². The lowest BCUT2D eigenvalue weighted by Gasteiger charge is -2.26. The number of amides is 1. The summed E-state index contributed by atoms with van der Waals surface area (Å²) in [6, 6.07) is 24.5. The van der Waals surface area contributed by atoms with Crippen LogP contribution in [0.4, 0.5) is 17.1 Å². The van der Waals surface area contributed by atoms with Crippen molar-refractivity contribution in [3.05, 3.63) is 89.5 Å². The van der Waals surface area contributed by atoms with Gasteiger partial charge >= 0.3 is 0 Å². The lowest BCUT2D eigenvalue weighted by molar-refractivity contribution is 0.0342. The molecule has 3 aromatic rings. The molecule has 5 nitrogen and oxygen atoms in total. The van der Waals surface area contributed by atoms with Crippen molar-refractivity contribution < 1.29 is 9.53 Å². The first-order valence-corrected chi connectivity index (χ1v) is 10.9. The lowest BCUT2D eigenvalue weighted by Crippen LogP contribution is -2.35. The second-order valence-electron chi connectivity index (χ2n) is 8.12. The van der Waals surface area contributed by atoms with Crippen molar-refractivity contribution in [1.29, 1.82) is 0 Å². The molecule has 2 heterocycles. The Kier molecular flexibility index (Phi) is 5.69. The van der Waals surface area contributed by atoms with Crippen LogP contribution in [0.2, 0.25) is 0 Å². The second kappa shape index (κ2) is 8.92. The number of nitrogens with zero attached hydrogens (tertiary/aromatic N) is 2. The number of anilines is 3. The van der Waals surface area contributed by atoms with E-state index in [1.54, 1.807) is 0 Å². The van der Waals surface area contributed by atoms with E-state index in [9.17, 15) is 4.79 Å². The van der Waals surface area contributed by atoms with Crippen molar-refractivity contribution in [3.8, 4) is 0 Å². The fraction of sp³-hybridized carbons (Fsp3) is 0.269. The Balaban J connectivity index is 1.24. The summed E-state index contributed by atoms with van der Waals surface area (Å²) in [6.07, 6.45) is 1.06. The molecule has 158 valence electrons. The average Bonchev–Trinajstić information content (AvgIpc) is 3.25. The zero-order chi connectivity index (χ0) is 21.0. The summed E-state index contributed by atoms with van der Waals surface area (Å²) < 4.78 is 5.42. The highest BCUT2D eigenvalue weighted by atomic mass is 16.5. The van der Waals surface area contributed by atoms with E-state index in [1.165, 1.54) is 11.3 Å². The van der Waals surface area contributed by atoms with E-state index in [1.807, 2.05) is 30.3 Å². The maximum Gasteiger partial charge on any atom is 0.255 e. The highest BCUT2D eigenvalue weighted by molar-refractivity contribution is 6.04. The molecule has 5 heteroatoms. The fourth-order valence-corrected chi connectivity index (χ4v) is 4.36. The summed E-state index contributed by atoms with van der Waals surface area (Å²) in [5.74, 6) is -0.0805. The highest BCUT2D eigenvalue weighted by Crippen LogP contribution is 2.34. The highest BCUT2D eigenvalue weighted by Gasteiger charge is 2.19. The maximum atomic E-state index is 12.8. The fourth-order valence-electron chi connectivity index (χ4n) is 4.36. The molecule has 31 heavy (non-hydrogen) atoms. The van der Waals surface area contributed by atoms with Gasteiger partial charge in [-0.1, -0.05) is 30.3 Å². The van der Waals surface area contributed by atoms with E-state index >= 15 is 0 Å². The number of ether oxygens (including phenoxy) is 1. The Morgan fingerprint density at radius 2 is 1.71 bits per heavy atom. The van der Waals surface area contributed by atoms with Gasteiger partial charge in [-0.2, -0.15) is 0 Å². The molecule has 2 aliphatic rings. The Bertz CT molecular complexity index is 1060. The summed E-state index contributed by atoms with van der Waals surface area (Å²) in [7, 11) is 0. The van der Waals surface area contributed by atoms with Crippen molar-refractivity contribution in [3.63, 3.8) is 0 Å². The smallest absolute Gasteiger partial charge is 0.255 e. The molecule has 3 aromatic carbocycles. The zero-order valence-corrected chi connectivity index (χ0v) is 17.6. The zero-order valence-electron chi connectivity index (χ0n) is 17.6. The topological polar surface area (TPSA) is 44.8 Å². The number of carbonyl (C=O) groups is 1. The number of para-hydroxylation sites is 1. The van der Waals surface area contributed by atoms with Crippen LogP contribution >= 0.6 is 0 Å². The second-order valence-corrected chi connectivity index (χ2v) is 8.12. The Hall–Kier alpha value is -3.15. The van der Waals surface area contributed by atoms with Crippen LogP contribution in [-0.2, 0) is 17.7 Å². The monoisotopic (exact) mass is 413 g/mol. The van der Waals surface area contributed by atoms with Crippen molar-refractivity contribution in [2.75, 3.05) is 43.1 Å². The number of nitrogens with one attached hydrogen (secondary N) is 1. The molecule has 2 aliphatic heterocycles. The van der Waals surface area contributed by atoms with Gasteiger partial charge in [0.1, 0.15) is 0 Å². The van der Waals surface area contributed by atoms with Gasteiger partial charge in [0.25, 0.3) is 5.91 Å². The minimum Gasteiger partial charge on any atom is -0.379 e. The minimum atomic E-state index is -0.0805. The first-order valence-electron chi connectivity index (χ1n) is 10.9. The van der Waals surface area contributed by atoms with Crippen molar-refractivity contribution >= 4 is 23.0 Å². The summed E-state index contributed by atoms with van der Waals surface area (Å²) in [4.78, 5) is 17.5. The predicted molar refractivity (Wildman–Crippen MR) is 124 cm³/mol. The molecule has 0 atom stereocenters. The molecule has 1 saturated heterocycles. The van der Waals surface area contributed by atoms with Crippen molar-refractivity contribution in [2.45, 2.75) is 13.0 Å². The molecule has 0 aliphatic carbocycles. The van der Waals surface area contributed by atoms with Crippen LogP contribution in [0, 0.1) is 0 Å². The van der Waals surface area contributed by atoms with E-state index in [4.69, 9.17) is 4.74 Å². The number of benzene rings is 3. The SMILES string of the molecule is O=C(Nc1ccc(N2CCc3ccccc32)cc1)c1cccc(CN2CCOCC2)c1. The van der Waals surface area contributed by atoms with E-state index in [-0.39, 0.29) is 5.91 Å². The summed E-state index contributed by atoms with van der Waals surface area (Å²) in [5.41, 5.74) is 6.45. The standard InChI is InChI=1S/C26H27N3O2/c30-26(22-6-3-4-20(18-22)19-28-14-16-31-17-15-28)27-23-8-10-24(11-9-23)29-13-12-21-5-1-2-7-25(21)29/h1-11,18H,12-17,19H2,(H,27,30). The quantitative estimate of drug-likeness (QED) is 0.671. The molecular weight excluding hydrogens is 386 g/mol. The normalized spacial score (nSPS) is 16.2. The summed E-state index contributed by atoms with van der Waals surface area (Å²) in [5, 5.41) is 3.03. The third kappa shape index (κ3) is 4.48. The Morgan fingerprint density at radius 1 is 0.903 bits per heavy atom. The van der Waals surface area contributed by atoms with E-state index in [2.05, 4.69) is 57.6 Å². The predicted octanol–water partition coefficient (Wildman–Crippen LogP) is 4.47. The molecule has 0 bridgehead atoms. The van der Waals surface area contributed by atoms with Gasteiger partial charge in [-0.25, -0.2) is 0 Å². The molecule has 0 saturated carbocycles. The molecule has 0 spiro atoms. The summed E-state index contributed by atoms with van der Waals surface area (Å²) in [6.45, 7) is 5.25. The number of hydrogen-bond acceptors (Lipinski definition) is 4.